The molecule has 0 unspecified atom stereocenters. The van der Waals surface area contributed by atoms with Gasteiger partial charge in [0.1, 0.15) is 12.4 Å². The molecular weight excluding hydrogens is 562 g/mol. The van der Waals surface area contributed by atoms with Crippen LogP contribution in [-0.4, -0.2) is 37.7 Å². The Labute approximate surface area is 256 Å². The van der Waals surface area contributed by atoms with Crippen LogP contribution >= 0.6 is 0 Å². The van der Waals surface area contributed by atoms with Crippen LogP contribution in [0.1, 0.15) is 75.9 Å². The van der Waals surface area contributed by atoms with Crippen molar-refractivity contribution in [2.75, 3.05) is 19.0 Å². The van der Waals surface area contributed by atoms with E-state index in [2.05, 4.69) is 41.4 Å². The molecular formula is C34H35N3O7. The number of amides is 2. The Kier molecular flexibility index (Phi) is 10.2. The molecule has 0 aliphatic carbocycles. The Hall–Kier alpha value is -5.38. The molecule has 4 rings (SSSR count). The predicted octanol–water partition coefficient (Wildman–Crippen LogP) is 6.36. The summed E-state index contributed by atoms with van der Waals surface area (Å²) in [7, 11) is 1.28. The minimum Gasteiger partial charge on any atom is -0.490 e. The number of ether oxygens (including phenoxy) is 3. The maximum Gasteiger partial charge on any atom is 0.373 e. The Bertz CT molecular complexity index is 1630. The summed E-state index contributed by atoms with van der Waals surface area (Å²) in [6, 6.07) is 22.4. The zero-order chi connectivity index (χ0) is 31.7. The molecule has 2 N–H and O–H groups in total. The van der Waals surface area contributed by atoms with E-state index in [0.29, 0.717) is 46.2 Å². The van der Waals surface area contributed by atoms with E-state index >= 15 is 0 Å². The van der Waals surface area contributed by atoms with Crippen molar-refractivity contribution in [1.82, 2.24) is 5.43 Å². The van der Waals surface area contributed by atoms with Crippen LogP contribution < -0.4 is 20.2 Å². The van der Waals surface area contributed by atoms with Crippen LogP contribution in [0.15, 0.2) is 88.4 Å². The fraction of sp³-hybridized carbons (Fsp3) is 0.235. The monoisotopic (exact) mass is 597 g/mol. The zero-order valence-corrected chi connectivity index (χ0v) is 25.3. The molecule has 0 fully saturated rings. The minimum atomic E-state index is -0.568. The summed E-state index contributed by atoms with van der Waals surface area (Å²) >= 11 is 0. The molecule has 10 nitrogen and oxygen atoms in total. The summed E-state index contributed by atoms with van der Waals surface area (Å²) in [5, 5.41) is 6.90. The van der Waals surface area contributed by atoms with Crippen LogP contribution in [-0.2, 0) is 16.8 Å². The molecule has 1 heterocycles. The van der Waals surface area contributed by atoms with Gasteiger partial charge < -0.3 is 23.9 Å². The lowest BCUT2D eigenvalue weighted by atomic mass is 9.87. The maximum atomic E-state index is 12.6. The Morgan fingerprint density at radius 3 is 2.18 bits per heavy atom. The van der Waals surface area contributed by atoms with Crippen LogP contribution in [0.3, 0.4) is 0 Å². The number of hydrazone groups is 1. The number of anilines is 1. The van der Waals surface area contributed by atoms with Crippen molar-refractivity contribution in [3.63, 3.8) is 0 Å². The number of nitrogens with zero attached hydrogens (tertiary/aromatic N) is 1. The average Bonchev–Trinajstić information content (AvgIpc) is 3.49. The lowest BCUT2D eigenvalue weighted by Gasteiger charge is -2.19. The van der Waals surface area contributed by atoms with E-state index in [1.54, 1.807) is 60.7 Å². The van der Waals surface area contributed by atoms with Crippen molar-refractivity contribution in [2.45, 2.75) is 39.7 Å². The van der Waals surface area contributed by atoms with Gasteiger partial charge in [-0.25, -0.2) is 10.2 Å². The van der Waals surface area contributed by atoms with Gasteiger partial charge in [0.2, 0.25) is 5.76 Å². The van der Waals surface area contributed by atoms with Crippen molar-refractivity contribution in [1.29, 1.82) is 0 Å². The maximum absolute atomic E-state index is 12.6. The van der Waals surface area contributed by atoms with Gasteiger partial charge in [-0.15, -0.1) is 0 Å². The third kappa shape index (κ3) is 8.34. The van der Waals surface area contributed by atoms with Gasteiger partial charge in [0.25, 0.3) is 11.8 Å². The summed E-state index contributed by atoms with van der Waals surface area (Å²) < 4.78 is 21.6. The molecule has 1 aromatic heterocycles. The molecule has 0 radical (unpaired) electrons. The van der Waals surface area contributed by atoms with E-state index in [4.69, 9.17) is 13.9 Å². The lowest BCUT2D eigenvalue weighted by molar-refractivity contribution is 0.0560. The third-order valence-corrected chi connectivity index (χ3v) is 6.48. The standard InChI is InChI=1S/C34H35N3O7/c1-6-42-30-19-22(7-17-28(30)43-21-27-16-18-29(44-27)33(40)41-5)20-35-37-32(39)24-10-14-26(15-11-24)36-31(38)23-8-12-25(13-9-23)34(2,3)4/h7-20H,6,21H2,1-5H3,(H,36,38)(H,37,39)/b35-20-. The van der Waals surface area contributed by atoms with Crippen LogP contribution in [0.2, 0.25) is 0 Å². The SMILES string of the molecule is CCOc1cc(/C=N\NC(=O)c2ccc(NC(=O)c3ccc(C(C)(C)C)cc3)cc2)ccc1OCc1ccc(C(=O)OC)o1. The summed E-state index contributed by atoms with van der Waals surface area (Å²) in [6.45, 7) is 8.68. The van der Waals surface area contributed by atoms with Gasteiger partial charge in [0.15, 0.2) is 11.5 Å². The molecule has 3 aromatic carbocycles. The number of hydrogen-bond acceptors (Lipinski definition) is 8. The zero-order valence-electron chi connectivity index (χ0n) is 25.3. The molecule has 44 heavy (non-hydrogen) atoms. The fourth-order valence-corrected chi connectivity index (χ4v) is 4.07. The van der Waals surface area contributed by atoms with Gasteiger partial charge in [0, 0.05) is 16.8 Å². The largest absolute Gasteiger partial charge is 0.490 e. The lowest BCUT2D eigenvalue weighted by Crippen LogP contribution is -2.18. The molecule has 4 aromatic rings. The van der Waals surface area contributed by atoms with Gasteiger partial charge in [-0.05, 0) is 90.2 Å². The van der Waals surface area contributed by atoms with Crippen LogP contribution in [0.5, 0.6) is 11.5 Å². The summed E-state index contributed by atoms with van der Waals surface area (Å²) in [5.74, 6) is 0.271. The second-order valence-corrected chi connectivity index (χ2v) is 10.7. The van der Waals surface area contributed by atoms with Crippen molar-refractivity contribution >= 4 is 29.7 Å². The number of carbonyl (C=O) groups excluding carboxylic acids is 3. The third-order valence-electron chi connectivity index (χ3n) is 6.48. The highest BCUT2D eigenvalue weighted by Crippen LogP contribution is 2.29. The number of carbonyl (C=O) groups is 3. The summed E-state index contributed by atoms with van der Waals surface area (Å²) in [6.07, 6.45) is 1.49. The van der Waals surface area contributed by atoms with E-state index in [1.165, 1.54) is 19.4 Å². The van der Waals surface area contributed by atoms with Gasteiger partial charge in [-0.1, -0.05) is 32.9 Å². The summed E-state index contributed by atoms with van der Waals surface area (Å²) in [5.41, 5.74) is 5.81. The first-order valence-electron chi connectivity index (χ1n) is 14.0. The van der Waals surface area contributed by atoms with Crippen LogP contribution in [0.25, 0.3) is 0 Å². The normalized spacial score (nSPS) is 11.2. The summed E-state index contributed by atoms with van der Waals surface area (Å²) in [4.78, 5) is 36.8. The first-order valence-corrected chi connectivity index (χ1v) is 14.0. The Balaban J connectivity index is 1.31. The minimum absolute atomic E-state index is 0.00336. The molecule has 2 amide bonds. The van der Waals surface area contributed by atoms with E-state index < -0.39 is 11.9 Å². The molecule has 228 valence electrons. The highest BCUT2D eigenvalue weighted by Gasteiger charge is 2.15. The second-order valence-electron chi connectivity index (χ2n) is 10.7. The molecule has 0 bridgehead atoms. The quantitative estimate of drug-likeness (QED) is 0.117. The predicted molar refractivity (Wildman–Crippen MR) is 167 cm³/mol. The molecule has 0 spiro atoms. The first kappa shape index (κ1) is 31.6. The van der Waals surface area contributed by atoms with E-state index in [-0.39, 0.29) is 23.7 Å². The van der Waals surface area contributed by atoms with E-state index in [9.17, 15) is 14.4 Å². The van der Waals surface area contributed by atoms with Gasteiger partial charge >= 0.3 is 5.97 Å². The number of rotatable bonds is 11. The van der Waals surface area contributed by atoms with E-state index in [0.717, 1.165) is 5.56 Å². The Morgan fingerprint density at radius 1 is 0.841 bits per heavy atom. The topological polar surface area (TPSA) is 128 Å². The van der Waals surface area contributed by atoms with Gasteiger partial charge in [-0.2, -0.15) is 5.10 Å². The van der Waals surface area contributed by atoms with Crippen molar-refractivity contribution in [2.24, 2.45) is 5.10 Å². The number of methoxy groups -OCH3 is 1. The highest BCUT2D eigenvalue weighted by molar-refractivity contribution is 6.04. The number of furan rings is 1. The second kappa shape index (κ2) is 14.2. The molecule has 0 atom stereocenters. The molecule has 0 saturated heterocycles. The smallest absolute Gasteiger partial charge is 0.373 e. The van der Waals surface area contributed by atoms with Crippen LogP contribution in [0, 0.1) is 0 Å². The van der Waals surface area contributed by atoms with Crippen molar-refractivity contribution in [3.05, 3.63) is 113 Å². The number of hydrogen-bond donors (Lipinski definition) is 2. The number of nitrogens with one attached hydrogen (secondary N) is 2. The highest BCUT2D eigenvalue weighted by atomic mass is 16.5. The number of esters is 1. The van der Waals surface area contributed by atoms with Crippen molar-refractivity contribution < 1.29 is 33.0 Å². The molecule has 10 heteroatoms. The fourth-order valence-electron chi connectivity index (χ4n) is 4.07. The van der Waals surface area contributed by atoms with Crippen LogP contribution in [0.4, 0.5) is 5.69 Å². The van der Waals surface area contributed by atoms with Gasteiger partial charge in [-0.3, -0.25) is 9.59 Å². The first-order chi connectivity index (χ1) is 21.1. The average molecular weight is 598 g/mol. The molecule has 0 aliphatic heterocycles. The molecule has 0 saturated carbocycles. The molecule has 0 aliphatic rings. The van der Waals surface area contributed by atoms with E-state index in [1.807, 2.05) is 19.1 Å². The van der Waals surface area contributed by atoms with Gasteiger partial charge in [0.05, 0.1) is 19.9 Å². The number of benzene rings is 3. The van der Waals surface area contributed by atoms with Crippen molar-refractivity contribution in [3.8, 4) is 11.5 Å². The Morgan fingerprint density at radius 2 is 1.52 bits per heavy atom.